The summed E-state index contributed by atoms with van der Waals surface area (Å²) < 4.78 is 9.93. The summed E-state index contributed by atoms with van der Waals surface area (Å²) in [6.07, 6.45) is 2.02. The SMILES string of the molecule is COc1ncc(C(C)C)o1. The fourth-order valence-corrected chi connectivity index (χ4v) is 0.631. The van der Waals surface area contributed by atoms with Crippen molar-refractivity contribution in [1.82, 2.24) is 4.98 Å². The van der Waals surface area contributed by atoms with Crippen LogP contribution in [0.15, 0.2) is 10.6 Å². The molecule has 0 fully saturated rings. The molecule has 0 atom stereocenters. The smallest absolute Gasteiger partial charge is 0.393 e. The molecule has 0 aromatic carbocycles. The number of ether oxygens (including phenoxy) is 1. The van der Waals surface area contributed by atoms with Crippen molar-refractivity contribution in [2.24, 2.45) is 0 Å². The van der Waals surface area contributed by atoms with Gasteiger partial charge in [0.25, 0.3) is 0 Å². The Hall–Kier alpha value is -0.990. The van der Waals surface area contributed by atoms with E-state index in [1.165, 1.54) is 7.11 Å². The van der Waals surface area contributed by atoms with Crippen molar-refractivity contribution in [2.45, 2.75) is 19.8 Å². The largest absolute Gasteiger partial charge is 0.454 e. The van der Waals surface area contributed by atoms with Gasteiger partial charge in [0.05, 0.1) is 13.3 Å². The Morgan fingerprint density at radius 1 is 1.60 bits per heavy atom. The van der Waals surface area contributed by atoms with Crippen molar-refractivity contribution in [3.8, 4) is 6.08 Å². The molecule has 0 saturated heterocycles. The first-order valence-corrected chi connectivity index (χ1v) is 3.23. The lowest BCUT2D eigenvalue weighted by molar-refractivity contribution is 0.277. The van der Waals surface area contributed by atoms with E-state index in [-0.39, 0.29) is 0 Å². The van der Waals surface area contributed by atoms with E-state index in [9.17, 15) is 0 Å². The van der Waals surface area contributed by atoms with Crippen molar-refractivity contribution in [2.75, 3.05) is 7.11 Å². The molecule has 0 spiro atoms. The quantitative estimate of drug-likeness (QED) is 0.630. The highest BCUT2D eigenvalue weighted by atomic mass is 16.6. The fourth-order valence-electron chi connectivity index (χ4n) is 0.631. The zero-order chi connectivity index (χ0) is 7.56. The van der Waals surface area contributed by atoms with Crippen LogP contribution < -0.4 is 4.74 Å². The van der Waals surface area contributed by atoms with E-state index >= 15 is 0 Å². The number of oxazole rings is 1. The Labute approximate surface area is 60.0 Å². The van der Waals surface area contributed by atoms with Gasteiger partial charge < -0.3 is 9.15 Å². The molecule has 3 heteroatoms. The van der Waals surface area contributed by atoms with Gasteiger partial charge in [-0.25, -0.2) is 0 Å². The van der Waals surface area contributed by atoms with Crippen molar-refractivity contribution >= 4 is 0 Å². The third-order valence-corrected chi connectivity index (χ3v) is 1.25. The molecule has 0 aliphatic rings. The van der Waals surface area contributed by atoms with Crippen LogP contribution in [-0.2, 0) is 0 Å². The van der Waals surface area contributed by atoms with Gasteiger partial charge >= 0.3 is 6.08 Å². The molecular formula is C7H11NO2. The average molecular weight is 141 g/mol. The van der Waals surface area contributed by atoms with Crippen LogP contribution >= 0.6 is 0 Å². The summed E-state index contributed by atoms with van der Waals surface area (Å²) in [5.74, 6) is 1.23. The standard InChI is InChI=1S/C7H11NO2/c1-5(2)6-4-8-7(9-3)10-6/h4-5H,1-3H3. The molecule has 0 bridgehead atoms. The van der Waals surface area contributed by atoms with E-state index in [1.54, 1.807) is 6.20 Å². The van der Waals surface area contributed by atoms with Crippen molar-refractivity contribution in [1.29, 1.82) is 0 Å². The molecule has 0 unspecified atom stereocenters. The molecule has 1 aromatic heterocycles. The summed E-state index contributed by atoms with van der Waals surface area (Å²) in [6, 6.07) is 0. The maximum Gasteiger partial charge on any atom is 0.393 e. The third-order valence-electron chi connectivity index (χ3n) is 1.25. The lowest BCUT2D eigenvalue weighted by atomic mass is 10.2. The molecule has 0 radical (unpaired) electrons. The molecule has 56 valence electrons. The van der Waals surface area contributed by atoms with Crippen LogP contribution in [0.2, 0.25) is 0 Å². The number of rotatable bonds is 2. The van der Waals surface area contributed by atoms with Gasteiger partial charge in [-0.2, -0.15) is 4.98 Å². The average Bonchev–Trinajstić information content (AvgIpc) is 2.34. The first-order chi connectivity index (χ1) is 4.74. The summed E-state index contributed by atoms with van der Waals surface area (Å²) in [4.78, 5) is 3.87. The molecule has 0 amide bonds. The van der Waals surface area contributed by atoms with E-state index in [4.69, 9.17) is 9.15 Å². The molecule has 0 N–H and O–H groups in total. The molecule has 1 heterocycles. The van der Waals surface area contributed by atoms with Crippen molar-refractivity contribution < 1.29 is 9.15 Å². The second-order valence-corrected chi connectivity index (χ2v) is 2.39. The minimum atomic E-state index is 0.337. The summed E-state index contributed by atoms with van der Waals surface area (Å²) in [6.45, 7) is 4.08. The fraction of sp³-hybridized carbons (Fsp3) is 0.571. The minimum Gasteiger partial charge on any atom is -0.454 e. The second kappa shape index (κ2) is 2.73. The number of aromatic nitrogens is 1. The Morgan fingerprint density at radius 3 is 2.60 bits per heavy atom. The van der Waals surface area contributed by atoms with Gasteiger partial charge in [0, 0.05) is 5.92 Å². The molecule has 3 nitrogen and oxygen atoms in total. The van der Waals surface area contributed by atoms with Gasteiger partial charge in [-0.05, 0) is 0 Å². The first kappa shape index (κ1) is 7.12. The maximum atomic E-state index is 5.16. The summed E-state index contributed by atoms with van der Waals surface area (Å²) >= 11 is 0. The van der Waals surface area contributed by atoms with Crippen LogP contribution in [0.3, 0.4) is 0 Å². The minimum absolute atomic E-state index is 0.337. The Bertz CT molecular complexity index is 205. The monoisotopic (exact) mass is 141 g/mol. The van der Waals surface area contributed by atoms with E-state index in [1.807, 2.05) is 13.8 Å². The van der Waals surface area contributed by atoms with Crippen LogP contribution in [-0.4, -0.2) is 12.1 Å². The molecule has 0 aliphatic heterocycles. The van der Waals surface area contributed by atoms with Gasteiger partial charge in [0.15, 0.2) is 0 Å². The van der Waals surface area contributed by atoms with Crippen LogP contribution in [0.5, 0.6) is 6.08 Å². The Balaban J connectivity index is 2.78. The van der Waals surface area contributed by atoms with Crippen LogP contribution in [0, 0.1) is 0 Å². The van der Waals surface area contributed by atoms with Gasteiger partial charge in [-0.15, -0.1) is 0 Å². The van der Waals surface area contributed by atoms with Gasteiger partial charge in [-0.1, -0.05) is 13.8 Å². The summed E-state index contributed by atoms with van der Waals surface area (Å²) in [5.41, 5.74) is 0. The first-order valence-electron chi connectivity index (χ1n) is 3.23. The molecular weight excluding hydrogens is 130 g/mol. The number of hydrogen-bond acceptors (Lipinski definition) is 3. The Morgan fingerprint density at radius 2 is 2.30 bits per heavy atom. The summed E-state index contributed by atoms with van der Waals surface area (Å²) in [5, 5.41) is 0. The van der Waals surface area contributed by atoms with Gasteiger partial charge in [0.2, 0.25) is 0 Å². The number of methoxy groups -OCH3 is 1. The maximum absolute atomic E-state index is 5.16. The molecule has 1 aromatic rings. The third kappa shape index (κ3) is 1.29. The Kier molecular flexibility index (Phi) is 1.94. The van der Waals surface area contributed by atoms with Gasteiger partial charge in [0.1, 0.15) is 5.76 Å². The highest BCUT2D eigenvalue weighted by Gasteiger charge is 2.05. The highest BCUT2D eigenvalue weighted by Crippen LogP contribution is 2.18. The number of nitrogens with zero attached hydrogens (tertiary/aromatic N) is 1. The highest BCUT2D eigenvalue weighted by molar-refractivity contribution is 5.01. The van der Waals surface area contributed by atoms with Crippen LogP contribution in [0.25, 0.3) is 0 Å². The zero-order valence-corrected chi connectivity index (χ0v) is 6.42. The molecule has 10 heavy (non-hydrogen) atoms. The van der Waals surface area contributed by atoms with E-state index < -0.39 is 0 Å². The predicted molar refractivity (Wildman–Crippen MR) is 37.1 cm³/mol. The molecule has 0 saturated carbocycles. The topological polar surface area (TPSA) is 35.3 Å². The molecule has 1 rings (SSSR count). The van der Waals surface area contributed by atoms with Crippen molar-refractivity contribution in [3.63, 3.8) is 0 Å². The molecule has 0 aliphatic carbocycles. The predicted octanol–water partition coefficient (Wildman–Crippen LogP) is 1.81. The van der Waals surface area contributed by atoms with Crippen LogP contribution in [0.4, 0.5) is 0 Å². The van der Waals surface area contributed by atoms with E-state index in [0.717, 1.165) is 5.76 Å². The van der Waals surface area contributed by atoms with Crippen molar-refractivity contribution in [3.05, 3.63) is 12.0 Å². The lowest BCUT2D eigenvalue weighted by Crippen LogP contribution is -1.81. The summed E-state index contributed by atoms with van der Waals surface area (Å²) in [7, 11) is 1.54. The van der Waals surface area contributed by atoms with Crippen LogP contribution in [0.1, 0.15) is 25.5 Å². The lowest BCUT2D eigenvalue weighted by Gasteiger charge is -1.95. The second-order valence-electron chi connectivity index (χ2n) is 2.39. The number of hydrogen-bond donors (Lipinski definition) is 0. The van der Waals surface area contributed by atoms with Gasteiger partial charge in [-0.3, -0.25) is 0 Å². The zero-order valence-electron chi connectivity index (χ0n) is 6.42. The van der Waals surface area contributed by atoms with E-state index in [0.29, 0.717) is 12.0 Å². The normalized spacial score (nSPS) is 10.4. The van der Waals surface area contributed by atoms with E-state index in [2.05, 4.69) is 4.98 Å².